The number of aromatic nitrogens is 1. The molecule has 0 radical (unpaired) electrons. The zero-order valence-electron chi connectivity index (χ0n) is 9.28. The van der Waals surface area contributed by atoms with Gasteiger partial charge in [-0.05, 0) is 49.9 Å². The Morgan fingerprint density at radius 1 is 1.38 bits per heavy atom. The lowest BCUT2D eigenvalue weighted by molar-refractivity contribution is 0.601. The van der Waals surface area contributed by atoms with Gasteiger partial charge in [-0.15, -0.1) is 0 Å². The first-order chi connectivity index (χ1) is 7.92. The normalized spacial score (nSPS) is 15.8. The lowest BCUT2D eigenvalue weighted by atomic mass is 10.1. The number of hydrogen-bond donors (Lipinski definition) is 1. The van der Waals surface area contributed by atoms with Gasteiger partial charge in [0.05, 0.1) is 0 Å². The molecule has 3 rings (SSSR count). The average Bonchev–Trinajstić information content (AvgIpc) is 3.01. The van der Waals surface area contributed by atoms with E-state index in [9.17, 15) is 0 Å². The number of rotatable bonds is 5. The van der Waals surface area contributed by atoms with Crippen molar-refractivity contribution in [2.24, 2.45) is 0 Å². The van der Waals surface area contributed by atoms with Crippen LogP contribution in [0.5, 0.6) is 0 Å². The third-order valence-corrected chi connectivity index (χ3v) is 3.05. The Kier molecular flexibility index (Phi) is 2.62. The lowest BCUT2D eigenvalue weighted by Crippen LogP contribution is -2.17. The van der Waals surface area contributed by atoms with Crippen molar-refractivity contribution in [3.63, 3.8) is 0 Å². The van der Waals surface area contributed by atoms with Gasteiger partial charge in [0, 0.05) is 6.04 Å². The number of oxazole rings is 1. The van der Waals surface area contributed by atoms with E-state index in [1.807, 2.05) is 6.07 Å². The van der Waals surface area contributed by atoms with E-state index in [2.05, 4.69) is 22.4 Å². The fraction of sp³-hybridized carbons (Fsp3) is 0.462. The summed E-state index contributed by atoms with van der Waals surface area (Å²) in [7, 11) is 0. The third kappa shape index (κ3) is 2.25. The van der Waals surface area contributed by atoms with Gasteiger partial charge >= 0.3 is 0 Å². The zero-order chi connectivity index (χ0) is 10.8. The van der Waals surface area contributed by atoms with E-state index in [0.717, 1.165) is 30.1 Å². The van der Waals surface area contributed by atoms with Crippen molar-refractivity contribution in [2.75, 3.05) is 6.54 Å². The molecule has 0 amide bonds. The van der Waals surface area contributed by atoms with Crippen LogP contribution in [-0.2, 0) is 6.42 Å². The lowest BCUT2D eigenvalue weighted by Gasteiger charge is -2.02. The Morgan fingerprint density at radius 3 is 3.19 bits per heavy atom. The second kappa shape index (κ2) is 4.26. The third-order valence-electron chi connectivity index (χ3n) is 3.05. The highest BCUT2D eigenvalue weighted by molar-refractivity contribution is 5.72. The Labute approximate surface area is 94.9 Å². The minimum Gasteiger partial charge on any atom is -0.443 e. The molecule has 0 aliphatic heterocycles. The molecule has 0 spiro atoms. The number of nitrogens with zero attached hydrogens (tertiary/aromatic N) is 1. The summed E-state index contributed by atoms with van der Waals surface area (Å²) in [5, 5.41) is 3.52. The molecule has 1 N–H and O–H groups in total. The molecular weight excluding hydrogens is 200 g/mol. The molecule has 1 aliphatic rings. The maximum absolute atomic E-state index is 5.29. The smallest absolute Gasteiger partial charge is 0.181 e. The van der Waals surface area contributed by atoms with Crippen LogP contribution >= 0.6 is 0 Å². The zero-order valence-corrected chi connectivity index (χ0v) is 9.28. The van der Waals surface area contributed by atoms with E-state index in [-0.39, 0.29) is 0 Å². The first kappa shape index (κ1) is 9.85. The Balaban J connectivity index is 1.55. The van der Waals surface area contributed by atoms with Gasteiger partial charge < -0.3 is 9.73 Å². The first-order valence-corrected chi connectivity index (χ1v) is 5.97. The second-order valence-corrected chi connectivity index (χ2v) is 4.49. The molecule has 0 bridgehead atoms. The molecule has 3 heteroatoms. The molecule has 84 valence electrons. The highest BCUT2D eigenvalue weighted by Crippen LogP contribution is 2.19. The largest absolute Gasteiger partial charge is 0.443 e. The van der Waals surface area contributed by atoms with Gasteiger partial charge in [0.2, 0.25) is 0 Å². The van der Waals surface area contributed by atoms with Crippen molar-refractivity contribution >= 4 is 11.1 Å². The van der Waals surface area contributed by atoms with Gasteiger partial charge in [-0.1, -0.05) is 6.07 Å². The van der Waals surface area contributed by atoms with Crippen LogP contribution in [0.1, 0.15) is 24.8 Å². The first-order valence-electron chi connectivity index (χ1n) is 5.97. The summed E-state index contributed by atoms with van der Waals surface area (Å²) in [6.07, 6.45) is 6.53. The fourth-order valence-electron chi connectivity index (χ4n) is 1.94. The molecular formula is C13H16N2O. The monoisotopic (exact) mass is 216 g/mol. The molecule has 1 aromatic carbocycles. The number of fused-ring (bicyclic) bond motifs is 1. The standard InChI is InChI=1S/C13H16N2O/c1(7-14-11-4-5-11)2-10-3-6-12-13(8-10)16-9-15-12/h3,6,8-9,11,14H,1-2,4-5,7H2. The number of benzene rings is 1. The van der Waals surface area contributed by atoms with Crippen LogP contribution in [0, 0.1) is 0 Å². The SMILES string of the molecule is c1nc2ccc(CCCNC3CC3)cc2o1. The summed E-state index contributed by atoms with van der Waals surface area (Å²) in [6, 6.07) is 7.08. The summed E-state index contributed by atoms with van der Waals surface area (Å²) < 4.78 is 5.29. The van der Waals surface area contributed by atoms with E-state index in [1.165, 1.54) is 31.2 Å². The summed E-state index contributed by atoms with van der Waals surface area (Å²) in [4.78, 5) is 4.11. The molecule has 1 aliphatic carbocycles. The van der Waals surface area contributed by atoms with Crippen LogP contribution in [-0.4, -0.2) is 17.6 Å². The molecule has 0 atom stereocenters. The number of aryl methyl sites for hydroxylation is 1. The summed E-state index contributed by atoms with van der Waals surface area (Å²) in [5.41, 5.74) is 3.18. The summed E-state index contributed by atoms with van der Waals surface area (Å²) in [6.45, 7) is 1.12. The van der Waals surface area contributed by atoms with Crippen LogP contribution in [0.4, 0.5) is 0 Å². The maximum atomic E-state index is 5.29. The summed E-state index contributed by atoms with van der Waals surface area (Å²) >= 11 is 0. The molecule has 1 aromatic heterocycles. The van der Waals surface area contributed by atoms with Gasteiger partial charge in [-0.25, -0.2) is 4.98 Å². The van der Waals surface area contributed by atoms with Gasteiger partial charge in [-0.2, -0.15) is 0 Å². The molecule has 1 heterocycles. The number of nitrogens with one attached hydrogen (secondary N) is 1. The van der Waals surface area contributed by atoms with E-state index in [0.29, 0.717) is 0 Å². The Bertz CT molecular complexity index is 473. The fourth-order valence-corrected chi connectivity index (χ4v) is 1.94. The topological polar surface area (TPSA) is 38.1 Å². The minimum atomic E-state index is 0.816. The van der Waals surface area contributed by atoms with Gasteiger partial charge in [0.15, 0.2) is 12.0 Å². The highest BCUT2D eigenvalue weighted by Gasteiger charge is 2.19. The predicted octanol–water partition coefficient (Wildman–Crippen LogP) is 2.51. The molecule has 0 saturated heterocycles. The van der Waals surface area contributed by atoms with Gasteiger partial charge in [-0.3, -0.25) is 0 Å². The molecule has 3 nitrogen and oxygen atoms in total. The van der Waals surface area contributed by atoms with Crippen LogP contribution in [0.15, 0.2) is 29.0 Å². The maximum Gasteiger partial charge on any atom is 0.181 e. The molecule has 1 fully saturated rings. The Hall–Kier alpha value is -1.35. The van der Waals surface area contributed by atoms with Crippen molar-refractivity contribution in [1.82, 2.24) is 10.3 Å². The van der Waals surface area contributed by atoms with Gasteiger partial charge in [0.25, 0.3) is 0 Å². The molecule has 2 aromatic rings. The average molecular weight is 216 g/mol. The highest BCUT2D eigenvalue weighted by atomic mass is 16.3. The van der Waals surface area contributed by atoms with Crippen LogP contribution in [0.25, 0.3) is 11.1 Å². The van der Waals surface area contributed by atoms with Crippen LogP contribution < -0.4 is 5.32 Å². The second-order valence-electron chi connectivity index (χ2n) is 4.49. The molecule has 1 saturated carbocycles. The van der Waals surface area contributed by atoms with E-state index in [1.54, 1.807) is 0 Å². The Morgan fingerprint density at radius 2 is 2.31 bits per heavy atom. The van der Waals surface area contributed by atoms with Crippen LogP contribution in [0.2, 0.25) is 0 Å². The van der Waals surface area contributed by atoms with Crippen molar-refractivity contribution in [1.29, 1.82) is 0 Å². The molecule has 0 unspecified atom stereocenters. The molecule has 16 heavy (non-hydrogen) atoms. The quantitative estimate of drug-likeness (QED) is 0.780. The number of hydrogen-bond acceptors (Lipinski definition) is 3. The van der Waals surface area contributed by atoms with Crippen molar-refractivity contribution < 1.29 is 4.42 Å². The van der Waals surface area contributed by atoms with Crippen molar-refractivity contribution in [3.8, 4) is 0 Å². The van der Waals surface area contributed by atoms with Crippen molar-refractivity contribution in [3.05, 3.63) is 30.2 Å². The minimum absolute atomic E-state index is 0.816. The van der Waals surface area contributed by atoms with E-state index in [4.69, 9.17) is 4.42 Å². The van der Waals surface area contributed by atoms with Gasteiger partial charge in [0.1, 0.15) is 5.52 Å². The van der Waals surface area contributed by atoms with E-state index >= 15 is 0 Å². The summed E-state index contributed by atoms with van der Waals surface area (Å²) in [5.74, 6) is 0. The predicted molar refractivity (Wildman–Crippen MR) is 63.4 cm³/mol. The van der Waals surface area contributed by atoms with E-state index < -0.39 is 0 Å². The van der Waals surface area contributed by atoms with Crippen molar-refractivity contribution in [2.45, 2.75) is 31.7 Å². The van der Waals surface area contributed by atoms with Crippen LogP contribution in [0.3, 0.4) is 0 Å².